The van der Waals surface area contributed by atoms with Crippen molar-refractivity contribution in [3.63, 3.8) is 0 Å². The SMILES string of the molecule is COc1cccc(N)c1C(=O)NCC1CCC(O)C1. The van der Waals surface area contributed by atoms with Crippen molar-refractivity contribution in [2.24, 2.45) is 5.92 Å². The van der Waals surface area contributed by atoms with E-state index in [0.717, 1.165) is 19.3 Å². The topological polar surface area (TPSA) is 84.6 Å². The molecule has 0 aromatic heterocycles. The standard InChI is InChI=1S/C14H20N2O3/c1-19-12-4-2-3-11(15)13(12)14(18)16-8-9-5-6-10(17)7-9/h2-4,9-10,17H,5-8,15H2,1H3,(H,16,18). The van der Waals surface area contributed by atoms with Gasteiger partial charge in [0.2, 0.25) is 0 Å². The number of carbonyl (C=O) groups excluding carboxylic acids is 1. The van der Waals surface area contributed by atoms with E-state index in [1.807, 2.05) is 0 Å². The number of hydrogen-bond acceptors (Lipinski definition) is 4. The van der Waals surface area contributed by atoms with Crippen LogP contribution in [0.3, 0.4) is 0 Å². The fourth-order valence-electron chi connectivity index (χ4n) is 2.52. The number of amides is 1. The second-order valence-corrected chi connectivity index (χ2v) is 4.97. The Bertz CT molecular complexity index is 462. The second kappa shape index (κ2) is 5.93. The average Bonchev–Trinajstić information content (AvgIpc) is 2.81. The summed E-state index contributed by atoms with van der Waals surface area (Å²) in [7, 11) is 1.51. The van der Waals surface area contributed by atoms with Crippen LogP contribution >= 0.6 is 0 Å². The molecule has 5 nitrogen and oxygen atoms in total. The van der Waals surface area contributed by atoms with Gasteiger partial charge in [-0.05, 0) is 37.3 Å². The number of carbonyl (C=O) groups is 1. The van der Waals surface area contributed by atoms with Crippen molar-refractivity contribution in [1.82, 2.24) is 5.32 Å². The molecule has 1 amide bonds. The predicted molar refractivity (Wildman–Crippen MR) is 73.1 cm³/mol. The molecule has 2 atom stereocenters. The van der Waals surface area contributed by atoms with Crippen molar-refractivity contribution in [1.29, 1.82) is 0 Å². The minimum Gasteiger partial charge on any atom is -0.496 e. The van der Waals surface area contributed by atoms with Gasteiger partial charge in [-0.3, -0.25) is 4.79 Å². The van der Waals surface area contributed by atoms with Gasteiger partial charge in [0.15, 0.2) is 0 Å². The number of methoxy groups -OCH3 is 1. The molecule has 1 aromatic rings. The highest BCUT2D eigenvalue weighted by molar-refractivity contribution is 6.01. The first-order valence-corrected chi connectivity index (χ1v) is 6.50. The van der Waals surface area contributed by atoms with E-state index in [2.05, 4.69) is 5.32 Å². The van der Waals surface area contributed by atoms with Crippen LogP contribution in [-0.2, 0) is 0 Å². The molecule has 1 aromatic carbocycles. The number of ether oxygens (including phenoxy) is 1. The minimum absolute atomic E-state index is 0.224. The average molecular weight is 264 g/mol. The maximum atomic E-state index is 12.1. The lowest BCUT2D eigenvalue weighted by atomic mass is 10.1. The Labute approximate surface area is 112 Å². The Balaban J connectivity index is 2.00. The zero-order valence-corrected chi connectivity index (χ0v) is 11.1. The van der Waals surface area contributed by atoms with Crippen LogP contribution in [0, 0.1) is 5.92 Å². The van der Waals surface area contributed by atoms with Gasteiger partial charge in [0.25, 0.3) is 5.91 Å². The van der Waals surface area contributed by atoms with Crippen LogP contribution in [0.25, 0.3) is 0 Å². The van der Waals surface area contributed by atoms with Crippen LogP contribution in [-0.4, -0.2) is 30.8 Å². The molecule has 1 aliphatic rings. The van der Waals surface area contributed by atoms with Gasteiger partial charge in [-0.25, -0.2) is 0 Å². The summed E-state index contributed by atoms with van der Waals surface area (Å²) in [5, 5.41) is 12.3. The summed E-state index contributed by atoms with van der Waals surface area (Å²) in [5.74, 6) is 0.593. The summed E-state index contributed by atoms with van der Waals surface area (Å²) in [6.07, 6.45) is 2.29. The predicted octanol–water partition coefficient (Wildman–Crippen LogP) is 1.17. The van der Waals surface area contributed by atoms with Crippen molar-refractivity contribution in [2.75, 3.05) is 19.4 Å². The lowest BCUT2D eigenvalue weighted by Crippen LogP contribution is -2.29. The number of benzene rings is 1. The number of nitrogen functional groups attached to an aromatic ring is 1. The molecule has 1 fully saturated rings. The van der Waals surface area contributed by atoms with Crippen LogP contribution in [0.4, 0.5) is 5.69 Å². The maximum absolute atomic E-state index is 12.1. The third-order valence-electron chi connectivity index (χ3n) is 3.57. The van der Waals surface area contributed by atoms with Crippen LogP contribution < -0.4 is 15.8 Å². The molecular formula is C14H20N2O3. The third kappa shape index (κ3) is 3.17. The summed E-state index contributed by atoms with van der Waals surface area (Å²) in [6.45, 7) is 0.563. The number of hydrogen-bond donors (Lipinski definition) is 3. The molecule has 2 rings (SSSR count). The summed E-state index contributed by atoms with van der Waals surface area (Å²) < 4.78 is 5.16. The largest absolute Gasteiger partial charge is 0.496 e. The van der Waals surface area contributed by atoms with Crippen molar-refractivity contribution in [2.45, 2.75) is 25.4 Å². The van der Waals surface area contributed by atoms with E-state index in [0.29, 0.717) is 29.5 Å². The molecule has 5 heteroatoms. The van der Waals surface area contributed by atoms with Gasteiger partial charge in [-0.15, -0.1) is 0 Å². The summed E-state index contributed by atoms with van der Waals surface area (Å²) in [4.78, 5) is 12.1. The van der Waals surface area contributed by atoms with Gasteiger partial charge in [0.05, 0.1) is 13.2 Å². The van der Waals surface area contributed by atoms with Crippen molar-refractivity contribution in [3.05, 3.63) is 23.8 Å². The molecule has 0 saturated heterocycles. The molecule has 104 valence electrons. The Morgan fingerprint density at radius 1 is 1.53 bits per heavy atom. The number of aliphatic hydroxyl groups excluding tert-OH is 1. The minimum atomic E-state index is -0.226. The Hall–Kier alpha value is -1.75. The number of aliphatic hydroxyl groups is 1. The van der Waals surface area contributed by atoms with Gasteiger partial charge in [-0.2, -0.15) is 0 Å². The van der Waals surface area contributed by atoms with Crippen LogP contribution in [0.15, 0.2) is 18.2 Å². The Morgan fingerprint density at radius 2 is 2.32 bits per heavy atom. The highest BCUT2D eigenvalue weighted by atomic mass is 16.5. The van der Waals surface area contributed by atoms with Gasteiger partial charge >= 0.3 is 0 Å². The van der Waals surface area contributed by atoms with Gasteiger partial charge in [-0.1, -0.05) is 6.07 Å². The van der Waals surface area contributed by atoms with E-state index in [1.165, 1.54) is 7.11 Å². The van der Waals surface area contributed by atoms with E-state index in [-0.39, 0.29) is 12.0 Å². The van der Waals surface area contributed by atoms with Gasteiger partial charge < -0.3 is 20.9 Å². The molecule has 0 bridgehead atoms. The summed E-state index contributed by atoms with van der Waals surface area (Å²) in [6, 6.07) is 5.14. The number of rotatable bonds is 4. The maximum Gasteiger partial charge on any atom is 0.257 e. The molecule has 1 saturated carbocycles. The first kappa shape index (κ1) is 13.7. The quantitative estimate of drug-likeness (QED) is 0.713. The smallest absolute Gasteiger partial charge is 0.257 e. The van der Waals surface area contributed by atoms with Crippen LogP contribution in [0.2, 0.25) is 0 Å². The van der Waals surface area contributed by atoms with E-state index in [4.69, 9.17) is 10.5 Å². The monoisotopic (exact) mass is 264 g/mol. The van der Waals surface area contributed by atoms with Crippen molar-refractivity contribution in [3.8, 4) is 5.75 Å². The van der Waals surface area contributed by atoms with Crippen LogP contribution in [0.5, 0.6) is 5.75 Å². The Kier molecular flexibility index (Phi) is 4.27. The summed E-state index contributed by atoms with van der Waals surface area (Å²) in [5.41, 5.74) is 6.61. The van der Waals surface area contributed by atoms with Gasteiger partial charge in [0.1, 0.15) is 11.3 Å². The first-order chi connectivity index (χ1) is 9.11. The fourth-order valence-corrected chi connectivity index (χ4v) is 2.52. The van der Waals surface area contributed by atoms with Crippen molar-refractivity contribution < 1.29 is 14.6 Å². The molecule has 1 aliphatic carbocycles. The van der Waals surface area contributed by atoms with E-state index >= 15 is 0 Å². The molecule has 2 unspecified atom stereocenters. The zero-order valence-electron chi connectivity index (χ0n) is 11.1. The van der Waals surface area contributed by atoms with Crippen LogP contribution in [0.1, 0.15) is 29.6 Å². The highest BCUT2D eigenvalue weighted by Crippen LogP contribution is 2.26. The number of nitrogens with two attached hydrogens (primary N) is 1. The van der Waals surface area contributed by atoms with E-state index in [1.54, 1.807) is 18.2 Å². The molecule has 0 aliphatic heterocycles. The molecule has 0 radical (unpaired) electrons. The zero-order chi connectivity index (χ0) is 13.8. The second-order valence-electron chi connectivity index (χ2n) is 4.97. The fraction of sp³-hybridized carbons (Fsp3) is 0.500. The summed E-state index contributed by atoms with van der Waals surface area (Å²) >= 11 is 0. The van der Waals surface area contributed by atoms with Gasteiger partial charge in [0, 0.05) is 12.2 Å². The highest BCUT2D eigenvalue weighted by Gasteiger charge is 2.24. The lowest BCUT2D eigenvalue weighted by molar-refractivity contribution is 0.0943. The number of anilines is 1. The third-order valence-corrected chi connectivity index (χ3v) is 3.57. The first-order valence-electron chi connectivity index (χ1n) is 6.50. The molecule has 0 heterocycles. The van der Waals surface area contributed by atoms with E-state index < -0.39 is 0 Å². The molecule has 4 N–H and O–H groups in total. The molecule has 19 heavy (non-hydrogen) atoms. The normalized spacial score (nSPS) is 22.2. The number of nitrogens with one attached hydrogen (secondary N) is 1. The molecular weight excluding hydrogens is 244 g/mol. The van der Waals surface area contributed by atoms with Crippen molar-refractivity contribution >= 4 is 11.6 Å². The lowest BCUT2D eigenvalue weighted by Gasteiger charge is -2.14. The van der Waals surface area contributed by atoms with E-state index in [9.17, 15) is 9.90 Å². The molecule has 0 spiro atoms. The Morgan fingerprint density at radius 3 is 2.95 bits per heavy atom.